The van der Waals surface area contributed by atoms with E-state index in [1.54, 1.807) is 16.8 Å². The van der Waals surface area contributed by atoms with Crippen LogP contribution in [-0.2, 0) is 0 Å². The Labute approximate surface area is 112 Å². The molecular formula is C12H12BrF2N3. The predicted molar refractivity (Wildman–Crippen MR) is 68.5 cm³/mol. The molecule has 0 aromatic carbocycles. The van der Waals surface area contributed by atoms with Gasteiger partial charge in [-0.2, -0.15) is 5.10 Å². The second-order valence-electron chi connectivity index (χ2n) is 4.18. The van der Waals surface area contributed by atoms with Crippen LogP contribution in [-0.4, -0.2) is 14.8 Å². The molecule has 96 valence electrons. The van der Waals surface area contributed by atoms with Gasteiger partial charge in [0.05, 0.1) is 5.56 Å². The maximum atomic E-state index is 13.0. The second-order valence-corrected chi connectivity index (χ2v) is 4.99. The first-order valence-corrected chi connectivity index (χ1v) is 6.27. The van der Waals surface area contributed by atoms with Gasteiger partial charge in [0.2, 0.25) is 0 Å². The number of hydrogen-bond donors (Lipinski definition) is 0. The molecule has 0 saturated heterocycles. The molecule has 2 aromatic heterocycles. The summed E-state index contributed by atoms with van der Waals surface area (Å²) in [4.78, 5) is 4.03. The predicted octanol–water partition coefficient (Wildman–Crippen LogP) is 4.23. The van der Waals surface area contributed by atoms with Gasteiger partial charge < -0.3 is 0 Å². The van der Waals surface area contributed by atoms with Gasteiger partial charge in [-0.3, -0.25) is 4.68 Å². The van der Waals surface area contributed by atoms with Crippen molar-refractivity contribution >= 4 is 15.9 Å². The minimum Gasteiger partial charge on any atom is -0.269 e. The molecule has 0 bridgehead atoms. The van der Waals surface area contributed by atoms with Gasteiger partial charge in [0, 0.05) is 24.0 Å². The fourth-order valence-corrected chi connectivity index (χ4v) is 1.80. The highest BCUT2D eigenvalue weighted by atomic mass is 79.9. The van der Waals surface area contributed by atoms with Gasteiger partial charge in [0.25, 0.3) is 6.43 Å². The van der Waals surface area contributed by atoms with Crippen molar-refractivity contribution in [2.45, 2.75) is 26.3 Å². The van der Waals surface area contributed by atoms with Crippen LogP contribution in [0.15, 0.2) is 29.1 Å². The van der Waals surface area contributed by atoms with Gasteiger partial charge in [-0.25, -0.2) is 13.8 Å². The first kappa shape index (κ1) is 13.1. The van der Waals surface area contributed by atoms with Crippen molar-refractivity contribution in [3.05, 3.63) is 34.7 Å². The number of pyridine rings is 1. The number of halogens is 3. The molecule has 6 heteroatoms. The third kappa shape index (κ3) is 2.58. The number of aromatic nitrogens is 3. The van der Waals surface area contributed by atoms with Gasteiger partial charge in [-0.15, -0.1) is 0 Å². The first-order chi connectivity index (χ1) is 8.49. The van der Waals surface area contributed by atoms with E-state index in [0.29, 0.717) is 15.9 Å². The lowest BCUT2D eigenvalue weighted by Crippen LogP contribution is -2.00. The van der Waals surface area contributed by atoms with Gasteiger partial charge in [-0.1, -0.05) is 0 Å². The van der Waals surface area contributed by atoms with Crippen LogP contribution < -0.4 is 0 Å². The van der Waals surface area contributed by atoms with Crippen molar-refractivity contribution in [2.75, 3.05) is 0 Å². The van der Waals surface area contributed by atoms with E-state index in [1.807, 2.05) is 13.8 Å². The highest BCUT2D eigenvalue weighted by molar-refractivity contribution is 9.10. The van der Waals surface area contributed by atoms with Crippen LogP contribution in [0.25, 0.3) is 11.3 Å². The van der Waals surface area contributed by atoms with Crippen molar-refractivity contribution < 1.29 is 8.78 Å². The maximum Gasteiger partial charge on any atom is 0.267 e. The van der Waals surface area contributed by atoms with Gasteiger partial charge in [-0.05, 0) is 41.9 Å². The molecule has 0 amide bonds. The highest BCUT2D eigenvalue weighted by Gasteiger charge is 2.20. The Morgan fingerprint density at radius 1 is 1.28 bits per heavy atom. The van der Waals surface area contributed by atoms with Crippen molar-refractivity contribution in [1.82, 2.24) is 14.8 Å². The van der Waals surface area contributed by atoms with E-state index in [9.17, 15) is 8.78 Å². The number of rotatable bonds is 3. The van der Waals surface area contributed by atoms with E-state index in [-0.39, 0.29) is 11.6 Å². The molecule has 2 rings (SSSR count). The molecule has 0 aliphatic heterocycles. The van der Waals surface area contributed by atoms with E-state index in [0.717, 1.165) is 0 Å². The Bertz CT molecular complexity index is 535. The van der Waals surface area contributed by atoms with E-state index < -0.39 is 6.43 Å². The Hall–Kier alpha value is -1.30. The summed E-state index contributed by atoms with van der Waals surface area (Å²) in [7, 11) is 0. The molecule has 0 N–H and O–H groups in total. The Kier molecular flexibility index (Phi) is 3.75. The zero-order valence-corrected chi connectivity index (χ0v) is 11.5. The van der Waals surface area contributed by atoms with Crippen LogP contribution in [0.2, 0.25) is 0 Å². The molecule has 2 heterocycles. The minimum atomic E-state index is -2.55. The smallest absolute Gasteiger partial charge is 0.267 e. The topological polar surface area (TPSA) is 30.7 Å². The normalized spacial score (nSPS) is 11.5. The van der Waals surface area contributed by atoms with Crippen LogP contribution in [0.3, 0.4) is 0 Å². The molecule has 0 aliphatic rings. The quantitative estimate of drug-likeness (QED) is 0.794. The summed E-state index contributed by atoms with van der Waals surface area (Å²) in [6.07, 6.45) is 0.381. The Balaban J connectivity index is 2.51. The van der Waals surface area contributed by atoms with Crippen molar-refractivity contribution in [2.24, 2.45) is 0 Å². The van der Waals surface area contributed by atoms with E-state index in [4.69, 9.17) is 0 Å². The molecule has 0 unspecified atom stereocenters. The van der Waals surface area contributed by atoms with Crippen LogP contribution in [0.4, 0.5) is 8.78 Å². The lowest BCUT2D eigenvalue weighted by Gasteiger charge is -2.03. The molecule has 0 saturated carbocycles. The summed E-state index contributed by atoms with van der Waals surface area (Å²) in [6.45, 7) is 3.79. The van der Waals surface area contributed by atoms with Crippen LogP contribution >= 0.6 is 15.9 Å². The van der Waals surface area contributed by atoms with Crippen LogP contribution in [0.5, 0.6) is 0 Å². The molecule has 0 fully saturated rings. The summed E-state index contributed by atoms with van der Waals surface area (Å²) in [5, 5.41) is 4.21. The molecular weight excluding hydrogens is 304 g/mol. The van der Waals surface area contributed by atoms with Crippen molar-refractivity contribution in [3.63, 3.8) is 0 Å². The number of alkyl halides is 2. The summed E-state index contributed by atoms with van der Waals surface area (Å²) in [5.41, 5.74) is 0.819. The third-order valence-electron chi connectivity index (χ3n) is 2.53. The number of hydrogen-bond acceptors (Lipinski definition) is 2. The van der Waals surface area contributed by atoms with E-state index in [2.05, 4.69) is 26.0 Å². The van der Waals surface area contributed by atoms with Gasteiger partial charge >= 0.3 is 0 Å². The van der Waals surface area contributed by atoms with Gasteiger partial charge in [0.15, 0.2) is 0 Å². The van der Waals surface area contributed by atoms with Crippen molar-refractivity contribution in [1.29, 1.82) is 0 Å². The second kappa shape index (κ2) is 5.14. The largest absolute Gasteiger partial charge is 0.269 e. The monoisotopic (exact) mass is 315 g/mol. The lowest BCUT2D eigenvalue weighted by molar-refractivity contribution is 0.152. The molecule has 3 nitrogen and oxygen atoms in total. The van der Waals surface area contributed by atoms with Crippen LogP contribution in [0.1, 0.15) is 31.9 Å². The summed E-state index contributed by atoms with van der Waals surface area (Å²) < 4.78 is 28.2. The highest BCUT2D eigenvalue weighted by Crippen LogP contribution is 2.30. The van der Waals surface area contributed by atoms with E-state index >= 15 is 0 Å². The number of nitrogens with zero attached hydrogens (tertiary/aromatic N) is 3. The molecule has 0 radical (unpaired) electrons. The Morgan fingerprint density at radius 3 is 2.50 bits per heavy atom. The molecule has 2 aromatic rings. The van der Waals surface area contributed by atoms with Crippen molar-refractivity contribution in [3.8, 4) is 11.3 Å². The molecule has 0 atom stereocenters. The summed E-state index contributed by atoms with van der Waals surface area (Å²) >= 11 is 3.21. The third-order valence-corrected chi connectivity index (χ3v) is 2.99. The fraction of sp³-hybridized carbons (Fsp3) is 0.333. The average molecular weight is 316 g/mol. The summed E-state index contributed by atoms with van der Waals surface area (Å²) in [6, 6.07) is 3.47. The van der Waals surface area contributed by atoms with Gasteiger partial charge in [0.1, 0.15) is 10.3 Å². The SMILES string of the molecule is CC(C)n1cc(C(F)F)c(-c2ccc(Br)nc2)n1. The maximum absolute atomic E-state index is 13.0. The standard InChI is InChI=1S/C12H12BrF2N3/c1-7(2)18-6-9(12(14)15)11(17-18)8-3-4-10(13)16-5-8/h3-7,12H,1-2H3. The molecule has 0 aliphatic carbocycles. The Morgan fingerprint density at radius 2 is 2.00 bits per heavy atom. The average Bonchev–Trinajstić information content (AvgIpc) is 2.75. The molecule has 0 spiro atoms. The van der Waals surface area contributed by atoms with Crippen LogP contribution in [0, 0.1) is 0 Å². The fourth-order valence-electron chi connectivity index (χ4n) is 1.57. The first-order valence-electron chi connectivity index (χ1n) is 5.48. The molecule has 18 heavy (non-hydrogen) atoms. The summed E-state index contributed by atoms with van der Waals surface area (Å²) in [5.74, 6) is 0. The van der Waals surface area contributed by atoms with E-state index in [1.165, 1.54) is 12.4 Å². The lowest BCUT2D eigenvalue weighted by atomic mass is 10.1. The minimum absolute atomic E-state index is 0.0413. The zero-order chi connectivity index (χ0) is 13.3. The zero-order valence-electron chi connectivity index (χ0n) is 9.94.